The molecule has 0 saturated carbocycles. The van der Waals surface area contributed by atoms with Crippen molar-refractivity contribution in [3.63, 3.8) is 0 Å². The number of hydrogen-bond donors (Lipinski definition) is 0. The SMILES string of the molecule is CC.Cc1cnn(C(C)(C)c2nnc(C(F)(F)F)o2)c1. The van der Waals surface area contributed by atoms with E-state index in [1.807, 2.05) is 20.8 Å². The van der Waals surface area contributed by atoms with Crippen LogP contribution in [-0.4, -0.2) is 20.0 Å². The Bertz CT molecular complexity index is 557. The molecule has 0 aromatic carbocycles. The molecule has 0 aliphatic carbocycles. The summed E-state index contributed by atoms with van der Waals surface area (Å²) in [6.07, 6.45) is -1.35. The van der Waals surface area contributed by atoms with E-state index in [-0.39, 0.29) is 5.89 Å². The Morgan fingerprint density at radius 3 is 2.05 bits per heavy atom. The van der Waals surface area contributed by atoms with Gasteiger partial charge in [0.2, 0.25) is 5.89 Å². The van der Waals surface area contributed by atoms with Gasteiger partial charge in [0.25, 0.3) is 0 Å². The minimum absolute atomic E-state index is 0.141. The van der Waals surface area contributed by atoms with Crippen molar-refractivity contribution in [3.05, 3.63) is 29.7 Å². The van der Waals surface area contributed by atoms with Gasteiger partial charge in [-0.15, -0.1) is 10.2 Å². The largest absolute Gasteiger partial charge is 0.470 e. The van der Waals surface area contributed by atoms with Crippen LogP contribution in [0.15, 0.2) is 16.8 Å². The average Bonchev–Trinajstić information content (AvgIpc) is 2.99. The zero-order chi connectivity index (χ0) is 15.6. The van der Waals surface area contributed by atoms with E-state index < -0.39 is 17.6 Å². The van der Waals surface area contributed by atoms with Gasteiger partial charge >= 0.3 is 12.1 Å². The van der Waals surface area contributed by atoms with Gasteiger partial charge < -0.3 is 4.42 Å². The van der Waals surface area contributed by atoms with E-state index in [0.29, 0.717) is 0 Å². The summed E-state index contributed by atoms with van der Waals surface area (Å²) in [6.45, 7) is 9.12. The molecule has 0 unspecified atom stereocenters. The third-order valence-electron chi connectivity index (χ3n) is 2.48. The molecule has 2 heterocycles. The molecule has 0 atom stereocenters. The maximum atomic E-state index is 12.4. The van der Waals surface area contributed by atoms with Gasteiger partial charge in [-0.05, 0) is 26.3 Å². The first-order chi connectivity index (χ1) is 9.21. The smallest absolute Gasteiger partial charge is 0.415 e. The van der Waals surface area contributed by atoms with E-state index in [1.54, 1.807) is 26.2 Å². The molecule has 112 valence electrons. The van der Waals surface area contributed by atoms with E-state index in [2.05, 4.69) is 19.7 Å². The van der Waals surface area contributed by atoms with Crippen molar-refractivity contribution in [1.82, 2.24) is 20.0 Å². The second-order valence-electron chi connectivity index (χ2n) is 4.43. The number of rotatable bonds is 2. The van der Waals surface area contributed by atoms with E-state index in [1.165, 1.54) is 4.68 Å². The minimum Gasteiger partial charge on any atom is -0.415 e. The fourth-order valence-corrected chi connectivity index (χ4v) is 1.40. The van der Waals surface area contributed by atoms with Crippen molar-refractivity contribution >= 4 is 0 Å². The zero-order valence-corrected chi connectivity index (χ0v) is 12.0. The van der Waals surface area contributed by atoms with Crippen LogP contribution in [0.5, 0.6) is 0 Å². The Hall–Kier alpha value is -1.86. The summed E-state index contributed by atoms with van der Waals surface area (Å²) < 4.78 is 43.3. The highest BCUT2D eigenvalue weighted by Crippen LogP contribution is 2.31. The number of nitrogens with zero attached hydrogens (tertiary/aromatic N) is 4. The molecule has 0 radical (unpaired) electrons. The van der Waals surface area contributed by atoms with Crippen LogP contribution in [0.2, 0.25) is 0 Å². The molecule has 5 nitrogen and oxygen atoms in total. The molecule has 2 aromatic rings. The summed E-state index contributed by atoms with van der Waals surface area (Å²) in [7, 11) is 0. The number of aromatic nitrogens is 4. The number of alkyl halides is 3. The van der Waals surface area contributed by atoms with Crippen LogP contribution in [0.25, 0.3) is 0 Å². The molecule has 2 rings (SSSR count). The molecule has 0 N–H and O–H groups in total. The monoisotopic (exact) mass is 290 g/mol. The Morgan fingerprint density at radius 1 is 1.10 bits per heavy atom. The lowest BCUT2D eigenvalue weighted by Crippen LogP contribution is -2.28. The van der Waals surface area contributed by atoms with Crippen molar-refractivity contribution in [1.29, 1.82) is 0 Å². The second kappa shape index (κ2) is 5.64. The predicted molar refractivity (Wildman–Crippen MR) is 66.0 cm³/mol. The van der Waals surface area contributed by atoms with Gasteiger partial charge in [-0.1, -0.05) is 13.8 Å². The van der Waals surface area contributed by atoms with Gasteiger partial charge in [-0.3, -0.25) is 4.68 Å². The Kier molecular flexibility index (Phi) is 4.57. The molecule has 0 aliphatic heterocycles. The van der Waals surface area contributed by atoms with Gasteiger partial charge in [0.15, 0.2) is 0 Å². The Morgan fingerprint density at radius 2 is 1.65 bits per heavy atom. The topological polar surface area (TPSA) is 56.7 Å². The maximum absolute atomic E-state index is 12.4. The summed E-state index contributed by atoms with van der Waals surface area (Å²) in [5.74, 6) is -1.49. The van der Waals surface area contributed by atoms with E-state index >= 15 is 0 Å². The molecule has 20 heavy (non-hydrogen) atoms. The summed E-state index contributed by atoms with van der Waals surface area (Å²) in [6, 6.07) is 0. The molecule has 2 aromatic heterocycles. The summed E-state index contributed by atoms with van der Waals surface area (Å²) in [4.78, 5) is 0. The normalized spacial score (nSPS) is 12.0. The minimum atomic E-state index is -4.64. The molecular formula is C12H17F3N4O. The van der Waals surface area contributed by atoms with Gasteiger partial charge in [0.05, 0.1) is 6.20 Å². The van der Waals surface area contributed by atoms with Crippen LogP contribution in [-0.2, 0) is 11.7 Å². The van der Waals surface area contributed by atoms with Crippen LogP contribution in [0.4, 0.5) is 13.2 Å². The molecule has 0 fully saturated rings. The average molecular weight is 290 g/mol. The summed E-state index contributed by atoms with van der Waals surface area (Å²) in [5.41, 5.74) is -0.0521. The van der Waals surface area contributed by atoms with Crippen LogP contribution in [0.3, 0.4) is 0 Å². The lowest BCUT2D eigenvalue weighted by molar-refractivity contribution is -0.158. The second-order valence-corrected chi connectivity index (χ2v) is 4.43. The quantitative estimate of drug-likeness (QED) is 0.850. The molecule has 0 saturated heterocycles. The van der Waals surface area contributed by atoms with Crippen LogP contribution in [0.1, 0.15) is 45.0 Å². The van der Waals surface area contributed by atoms with E-state index in [0.717, 1.165) is 5.56 Å². The molecule has 8 heteroatoms. The summed E-state index contributed by atoms with van der Waals surface area (Å²) >= 11 is 0. The first-order valence-electron chi connectivity index (χ1n) is 6.14. The fourth-order valence-electron chi connectivity index (χ4n) is 1.40. The lowest BCUT2D eigenvalue weighted by atomic mass is 10.1. The van der Waals surface area contributed by atoms with Gasteiger partial charge in [0.1, 0.15) is 5.54 Å². The fraction of sp³-hybridized carbons (Fsp3) is 0.583. The molecular weight excluding hydrogens is 273 g/mol. The standard InChI is InChI=1S/C10H11F3N4O.C2H6/c1-6-4-14-17(5-6)9(2,3)7-15-16-8(18-7)10(11,12)13;1-2/h4-5H,1-3H3;1-2H3. The lowest BCUT2D eigenvalue weighted by Gasteiger charge is -2.20. The van der Waals surface area contributed by atoms with Crippen LogP contribution >= 0.6 is 0 Å². The first kappa shape index (κ1) is 16.2. The molecule has 0 aliphatic rings. The maximum Gasteiger partial charge on any atom is 0.470 e. The van der Waals surface area contributed by atoms with Crippen molar-refractivity contribution in [2.75, 3.05) is 0 Å². The Balaban J connectivity index is 0.000000956. The Labute approximate surface area is 114 Å². The van der Waals surface area contributed by atoms with Gasteiger partial charge in [-0.2, -0.15) is 18.3 Å². The van der Waals surface area contributed by atoms with Crippen molar-refractivity contribution in [2.24, 2.45) is 0 Å². The summed E-state index contributed by atoms with van der Waals surface area (Å²) in [5, 5.41) is 10.5. The highest BCUT2D eigenvalue weighted by molar-refractivity contribution is 5.07. The molecule has 0 amide bonds. The van der Waals surface area contributed by atoms with E-state index in [4.69, 9.17) is 0 Å². The molecule has 0 bridgehead atoms. The van der Waals surface area contributed by atoms with Crippen molar-refractivity contribution in [3.8, 4) is 0 Å². The highest BCUT2D eigenvalue weighted by atomic mass is 19.4. The highest BCUT2D eigenvalue weighted by Gasteiger charge is 2.40. The first-order valence-corrected chi connectivity index (χ1v) is 6.14. The number of hydrogen-bond acceptors (Lipinski definition) is 4. The van der Waals surface area contributed by atoms with Crippen LogP contribution < -0.4 is 0 Å². The zero-order valence-electron chi connectivity index (χ0n) is 12.0. The van der Waals surface area contributed by atoms with E-state index in [9.17, 15) is 13.2 Å². The molecule has 0 spiro atoms. The van der Waals surface area contributed by atoms with Crippen molar-refractivity contribution < 1.29 is 17.6 Å². The number of halogens is 3. The van der Waals surface area contributed by atoms with Gasteiger partial charge in [-0.25, -0.2) is 0 Å². The van der Waals surface area contributed by atoms with Crippen molar-refractivity contribution in [2.45, 2.75) is 46.3 Å². The van der Waals surface area contributed by atoms with Crippen LogP contribution in [0, 0.1) is 6.92 Å². The predicted octanol–water partition coefficient (Wildman–Crippen LogP) is 3.40. The third-order valence-corrected chi connectivity index (χ3v) is 2.48. The van der Waals surface area contributed by atoms with Gasteiger partial charge in [0, 0.05) is 6.20 Å². The number of aryl methyl sites for hydroxylation is 1. The third kappa shape index (κ3) is 3.17.